The summed E-state index contributed by atoms with van der Waals surface area (Å²) in [4.78, 5) is 25.3. The maximum Gasteiger partial charge on any atom is 0.234 e. The summed E-state index contributed by atoms with van der Waals surface area (Å²) in [5, 5.41) is 9.19. The molecule has 1 saturated heterocycles. The molecule has 2 rings (SSSR count). The number of nitrogens with zero attached hydrogens (tertiary/aromatic N) is 1. The van der Waals surface area contributed by atoms with E-state index in [2.05, 4.69) is 0 Å². The van der Waals surface area contributed by atoms with Crippen molar-refractivity contribution in [2.75, 3.05) is 13.1 Å². The maximum absolute atomic E-state index is 12.1. The summed E-state index contributed by atoms with van der Waals surface area (Å²) in [7, 11) is 0. The highest BCUT2D eigenvalue weighted by atomic mass is 16.3. The van der Waals surface area contributed by atoms with E-state index in [1.54, 1.807) is 12.1 Å². The van der Waals surface area contributed by atoms with Crippen molar-refractivity contribution in [3.8, 4) is 5.75 Å². The van der Waals surface area contributed by atoms with Crippen molar-refractivity contribution in [1.82, 2.24) is 4.90 Å². The van der Waals surface area contributed by atoms with Crippen LogP contribution in [0.25, 0.3) is 0 Å². The van der Waals surface area contributed by atoms with Gasteiger partial charge in [0.25, 0.3) is 0 Å². The molecule has 5 nitrogen and oxygen atoms in total. The lowest BCUT2D eigenvalue weighted by Crippen LogP contribution is -2.49. The number of carbonyl (C=O) groups is 2. The Bertz CT molecular complexity index is 470. The van der Waals surface area contributed by atoms with Crippen molar-refractivity contribution >= 4 is 11.7 Å². The normalized spacial score (nSPS) is 20.1. The molecule has 0 aromatic heterocycles. The van der Waals surface area contributed by atoms with Crippen LogP contribution in [0.15, 0.2) is 24.3 Å². The molecule has 102 valence electrons. The van der Waals surface area contributed by atoms with Crippen LogP contribution in [0.3, 0.4) is 0 Å². The first-order chi connectivity index (χ1) is 9.08. The standard InChI is InChI=1S/C14H18N2O3/c15-14(19)12-3-1-2-8-16(12)9-13(18)10-4-6-11(17)7-5-10/h4-7,12,17H,1-3,8-9H2,(H2,15,19). The van der Waals surface area contributed by atoms with Gasteiger partial charge >= 0.3 is 0 Å². The highest BCUT2D eigenvalue weighted by Gasteiger charge is 2.28. The first-order valence-corrected chi connectivity index (χ1v) is 6.43. The summed E-state index contributed by atoms with van der Waals surface area (Å²) in [6.45, 7) is 0.913. The van der Waals surface area contributed by atoms with Crippen molar-refractivity contribution in [1.29, 1.82) is 0 Å². The molecule has 0 aliphatic carbocycles. The molecule has 0 radical (unpaired) electrons. The van der Waals surface area contributed by atoms with Gasteiger partial charge in [0.05, 0.1) is 12.6 Å². The summed E-state index contributed by atoms with van der Waals surface area (Å²) in [5.74, 6) is -0.295. The van der Waals surface area contributed by atoms with Gasteiger partial charge in [-0.15, -0.1) is 0 Å². The Morgan fingerprint density at radius 2 is 1.95 bits per heavy atom. The third-order valence-corrected chi connectivity index (χ3v) is 3.48. The van der Waals surface area contributed by atoms with E-state index in [0.29, 0.717) is 5.56 Å². The molecule has 1 heterocycles. The third kappa shape index (κ3) is 3.32. The fourth-order valence-electron chi connectivity index (χ4n) is 2.43. The Morgan fingerprint density at radius 3 is 2.58 bits per heavy atom. The van der Waals surface area contributed by atoms with Gasteiger partial charge in [-0.25, -0.2) is 0 Å². The molecule has 1 fully saturated rings. The predicted molar refractivity (Wildman–Crippen MR) is 70.8 cm³/mol. The van der Waals surface area contributed by atoms with Crippen LogP contribution in [0.5, 0.6) is 5.75 Å². The van der Waals surface area contributed by atoms with E-state index in [1.807, 2.05) is 4.90 Å². The Balaban J connectivity index is 2.04. The minimum Gasteiger partial charge on any atom is -0.508 e. The average molecular weight is 262 g/mol. The molecule has 0 bridgehead atoms. The van der Waals surface area contributed by atoms with Crippen LogP contribution in [-0.4, -0.2) is 40.8 Å². The molecule has 1 amide bonds. The van der Waals surface area contributed by atoms with E-state index >= 15 is 0 Å². The van der Waals surface area contributed by atoms with E-state index in [1.165, 1.54) is 12.1 Å². The zero-order valence-corrected chi connectivity index (χ0v) is 10.7. The number of benzene rings is 1. The van der Waals surface area contributed by atoms with Crippen molar-refractivity contribution in [3.05, 3.63) is 29.8 Å². The van der Waals surface area contributed by atoms with Crippen molar-refractivity contribution in [3.63, 3.8) is 0 Å². The topological polar surface area (TPSA) is 83.6 Å². The number of hydrogen-bond donors (Lipinski definition) is 2. The van der Waals surface area contributed by atoms with Crippen molar-refractivity contribution in [2.45, 2.75) is 25.3 Å². The van der Waals surface area contributed by atoms with E-state index in [-0.39, 0.29) is 30.0 Å². The summed E-state index contributed by atoms with van der Waals surface area (Å²) >= 11 is 0. The van der Waals surface area contributed by atoms with Gasteiger partial charge < -0.3 is 10.8 Å². The van der Waals surface area contributed by atoms with E-state index in [0.717, 1.165) is 25.8 Å². The van der Waals surface area contributed by atoms with Crippen LogP contribution in [0.1, 0.15) is 29.6 Å². The van der Waals surface area contributed by atoms with Gasteiger partial charge in [-0.05, 0) is 43.7 Å². The minimum atomic E-state index is -0.363. The first kappa shape index (κ1) is 13.5. The second kappa shape index (κ2) is 5.84. The number of likely N-dealkylation sites (tertiary alicyclic amines) is 1. The van der Waals surface area contributed by atoms with E-state index in [4.69, 9.17) is 5.73 Å². The molecule has 1 aliphatic rings. The Kier molecular flexibility index (Phi) is 4.16. The molecule has 5 heteroatoms. The number of phenolic OH excluding ortho intramolecular Hbond substituents is 1. The van der Waals surface area contributed by atoms with Gasteiger partial charge in [0.15, 0.2) is 5.78 Å². The molecule has 1 aromatic carbocycles. The molecular formula is C14H18N2O3. The summed E-state index contributed by atoms with van der Waals surface area (Å²) in [6.07, 6.45) is 2.67. The number of amides is 1. The maximum atomic E-state index is 12.1. The van der Waals surface area contributed by atoms with Gasteiger partial charge in [0, 0.05) is 5.56 Å². The number of hydrogen-bond acceptors (Lipinski definition) is 4. The zero-order valence-electron chi connectivity index (χ0n) is 10.7. The lowest BCUT2D eigenvalue weighted by Gasteiger charge is -2.32. The second-order valence-electron chi connectivity index (χ2n) is 4.85. The smallest absolute Gasteiger partial charge is 0.234 e. The fraction of sp³-hybridized carbons (Fsp3) is 0.429. The Morgan fingerprint density at radius 1 is 1.26 bits per heavy atom. The third-order valence-electron chi connectivity index (χ3n) is 3.48. The number of ketones is 1. The quantitative estimate of drug-likeness (QED) is 0.790. The second-order valence-corrected chi connectivity index (χ2v) is 4.85. The molecular weight excluding hydrogens is 244 g/mol. The number of phenols is 1. The van der Waals surface area contributed by atoms with Crippen molar-refractivity contribution < 1.29 is 14.7 Å². The fourth-order valence-corrected chi connectivity index (χ4v) is 2.43. The van der Waals surface area contributed by atoms with Crippen LogP contribution < -0.4 is 5.73 Å². The summed E-state index contributed by atoms with van der Waals surface area (Å²) in [6, 6.07) is 5.79. The van der Waals surface area contributed by atoms with Gasteiger partial charge in [0.1, 0.15) is 5.75 Å². The Labute approximate surface area is 112 Å². The molecule has 0 spiro atoms. The summed E-state index contributed by atoms with van der Waals surface area (Å²) in [5.41, 5.74) is 5.90. The number of nitrogens with two attached hydrogens (primary N) is 1. The van der Waals surface area contributed by atoms with Crippen LogP contribution in [0, 0.1) is 0 Å². The molecule has 1 unspecified atom stereocenters. The van der Waals surface area contributed by atoms with Crippen LogP contribution in [0.2, 0.25) is 0 Å². The number of piperidine rings is 1. The van der Waals surface area contributed by atoms with E-state index < -0.39 is 0 Å². The molecule has 0 saturated carbocycles. The molecule has 1 aliphatic heterocycles. The van der Waals surface area contributed by atoms with Gasteiger partial charge in [-0.3, -0.25) is 14.5 Å². The zero-order chi connectivity index (χ0) is 13.8. The SMILES string of the molecule is NC(=O)C1CCCCN1CC(=O)c1ccc(O)cc1. The highest BCUT2D eigenvalue weighted by Crippen LogP contribution is 2.18. The number of rotatable bonds is 4. The van der Waals surface area contributed by atoms with Crippen LogP contribution in [-0.2, 0) is 4.79 Å². The Hall–Kier alpha value is -1.88. The van der Waals surface area contributed by atoms with Crippen molar-refractivity contribution in [2.24, 2.45) is 5.73 Å². The van der Waals surface area contributed by atoms with Gasteiger partial charge in [-0.1, -0.05) is 6.42 Å². The molecule has 1 atom stereocenters. The van der Waals surface area contributed by atoms with Crippen LogP contribution >= 0.6 is 0 Å². The predicted octanol–water partition coefficient (Wildman–Crippen LogP) is 0.915. The number of carbonyl (C=O) groups excluding carboxylic acids is 2. The minimum absolute atomic E-state index is 0.0619. The number of Topliss-reactive ketones (excluding diaryl/α,β-unsaturated/α-hetero) is 1. The number of primary amides is 1. The summed E-state index contributed by atoms with van der Waals surface area (Å²) < 4.78 is 0. The molecule has 19 heavy (non-hydrogen) atoms. The monoisotopic (exact) mass is 262 g/mol. The lowest BCUT2D eigenvalue weighted by atomic mass is 10.0. The number of aromatic hydroxyl groups is 1. The lowest BCUT2D eigenvalue weighted by molar-refractivity contribution is -0.124. The molecule has 1 aromatic rings. The molecule has 3 N–H and O–H groups in total. The average Bonchev–Trinajstić information content (AvgIpc) is 2.39. The first-order valence-electron chi connectivity index (χ1n) is 6.43. The largest absolute Gasteiger partial charge is 0.508 e. The van der Waals surface area contributed by atoms with E-state index in [9.17, 15) is 14.7 Å². The van der Waals surface area contributed by atoms with Gasteiger partial charge in [0.2, 0.25) is 5.91 Å². The van der Waals surface area contributed by atoms with Crippen LogP contribution in [0.4, 0.5) is 0 Å². The highest BCUT2D eigenvalue weighted by molar-refractivity contribution is 5.98. The van der Waals surface area contributed by atoms with Gasteiger partial charge in [-0.2, -0.15) is 0 Å².